The molecule has 0 saturated carbocycles. The number of carbonyl (C=O) groups excluding carboxylic acids is 1. The van der Waals surface area contributed by atoms with Crippen molar-refractivity contribution >= 4 is 18.0 Å². The molecule has 1 aromatic carbocycles. The molecular formula is C20H25ClN4O2. The molecule has 1 spiro atoms. The molecule has 0 N–H and O–H groups in total. The second-order valence-electron chi connectivity index (χ2n) is 8.25. The number of halogens is 1. The number of nitrogens with zero attached hydrogens (tertiary/aromatic N) is 4. The Bertz CT molecular complexity index is 884. The zero-order valence-electron chi connectivity index (χ0n) is 16.2. The van der Waals surface area contributed by atoms with Crippen LogP contribution in [0.2, 0.25) is 5.02 Å². The van der Waals surface area contributed by atoms with Crippen LogP contribution in [0.1, 0.15) is 55.3 Å². The molecule has 0 radical (unpaired) electrons. The van der Waals surface area contributed by atoms with Crippen molar-refractivity contribution in [1.82, 2.24) is 19.7 Å². The number of hydrogen-bond acceptors (Lipinski definition) is 4. The van der Waals surface area contributed by atoms with Crippen molar-refractivity contribution in [3.63, 3.8) is 0 Å². The molecule has 1 unspecified atom stereocenters. The molecule has 0 bridgehead atoms. The molecule has 6 nitrogen and oxygen atoms in total. The summed E-state index contributed by atoms with van der Waals surface area (Å²) in [5, 5.41) is 5.01. The van der Waals surface area contributed by atoms with E-state index in [1.807, 2.05) is 23.6 Å². The first-order valence-electron chi connectivity index (χ1n) is 9.31. The molecular weight excluding hydrogens is 364 g/mol. The molecule has 1 saturated heterocycles. The zero-order valence-corrected chi connectivity index (χ0v) is 17.0. The minimum Gasteiger partial charge on any atom is -0.361 e. The molecule has 144 valence electrons. The third-order valence-electron chi connectivity index (χ3n) is 6.15. The van der Waals surface area contributed by atoms with E-state index >= 15 is 0 Å². The van der Waals surface area contributed by atoms with Crippen LogP contribution in [0.4, 0.5) is 0 Å². The molecule has 1 aromatic heterocycles. The van der Waals surface area contributed by atoms with Crippen LogP contribution in [0.3, 0.4) is 0 Å². The Morgan fingerprint density at radius 2 is 2.04 bits per heavy atom. The van der Waals surface area contributed by atoms with Crippen molar-refractivity contribution < 1.29 is 9.53 Å². The van der Waals surface area contributed by atoms with E-state index in [-0.39, 0.29) is 11.5 Å². The predicted octanol–water partition coefficient (Wildman–Crippen LogP) is 3.27. The maximum Gasteiger partial charge on any atom is 0.209 e. The molecule has 4 rings (SSSR count). The number of aryl methyl sites for hydroxylation is 2. The van der Waals surface area contributed by atoms with Gasteiger partial charge in [-0.1, -0.05) is 17.7 Å². The Kier molecular flexibility index (Phi) is 4.31. The van der Waals surface area contributed by atoms with Crippen molar-refractivity contribution in [3.8, 4) is 0 Å². The van der Waals surface area contributed by atoms with Gasteiger partial charge in [-0.2, -0.15) is 5.10 Å². The number of piperidine rings is 1. The first kappa shape index (κ1) is 18.4. The monoisotopic (exact) mass is 388 g/mol. The highest BCUT2D eigenvalue weighted by Crippen LogP contribution is 2.55. The van der Waals surface area contributed by atoms with Crippen LogP contribution in [0, 0.1) is 6.92 Å². The largest absolute Gasteiger partial charge is 0.361 e. The Morgan fingerprint density at radius 3 is 2.63 bits per heavy atom. The van der Waals surface area contributed by atoms with Gasteiger partial charge < -0.3 is 9.64 Å². The van der Waals surface area contributed by atoms with Gasteiger partial charge in [-0.05, 0) is 56.4 Å². The van der Waals surface area contributed by atoms with E-state index < -0.39 is 5.60 Å². The molecule has 2 aliphatic rings. The van der Waals surface area contributed by atoms with Crippen molar-refractivity contribution in [2.45, 2.75) is 50.7 Å². The van der Waals surface area contributed by atoms with Crippen LogP contribution in [0.5, 0.6) is 0 Å². The summed E-state index contributed by atoms with van der Waals surface area (Å²) in [4.78, 5) is 17.5. The summed E-state index contributed by atoms with van der Waals surface area (Å²) < 4.78 is 8.64. The summed E-state index contributed by atoms with van der Waals surface area (Å²) in [5.41, 5.74) is 2.59. The summed E-state index contributed by atoms with van der Waals surface area (Å²) in [6, 6.07) is 4.22. The van der Waals surface area contributed by atoms with Gasteiger partial charge in [-0.25, -0.2) is 4.98 Å². The Labute approximate surface area is 164 Å². The lowest BCUT2D eigenvalue weighted by Crippen LogP contribution is -2.43. The number of rotatable bonds is 3. The van der Waals surface area contributed by atoms with Crippen molar-refractivity contribution in [2.75, 3.05) is 13.1 Å². The molecule has 1 fully saturated rings. The SMILES string of the molecule is Cc1cc2c(cc1Cl)C1(CCN(C=O)CC1)OC2C(C)(C)c1ncnn1C. The van der Waals surface area contributed by atoms with Gasteiger partial charge in [0.05, 0.1) is 17.1 Å². The van der Waals surface area contributed by atoms with Gasteiger partial charge in [-0.15, -0.1) is 0 Å². The van der Waals surface area contributed by atoms with Crippen LogP contribution in [0.25, 0.3) is 0 Å². The van der Waals surface area contributed by atoms with Crippen molar-refractivity contribution in [2.24, 2.45) is 7.05 Å². The Balaban J connectivity index is 1.81. The van der Waals surface area contributed by atoms with Gasteiger partial charge in [0.25, 0.3) is 0 Å². The summed E-state index contributed by atoms with van der Waals surface area (Å²) in [7, 11) is 1.91. The lowest BCUT2D eigenvalue weighted by atomic mass is 9.78. The second-order valence-corrected chi connectivity index (χ2v) is 8.66. The van der Waals surface area contributed by atoms with E-state index in [0.717, 1.165) is 41.2 Å². The fourth-order valence-corrected chi connectivity index (χ4v) is 4.74. The highest BCUT2D eigenvalue weighted by atomic mass is 35.5. The minimum absolute atomic E-state index is 0.158. The van der Waals surface area contributed by atoms with Gasteiger partial charge in [0.15, 0.2) is 0 Å². The minimum atomic E-state index is -0.410. The summed E-state index contributed by atoms with van der Waals surface area (Å²) in [6.45, 7) is 7.69. The zero-order chi connectivity index (χ0) is 19.4. The van der Waals surface area contributed by atoms with Crippen LogP contribution in [-0.4, -0.2) is 39.2 Å². The Morgan fingerprint density at radius 1 is 1.33 bits per heavy atom. The normalized spacial score (nSPS) is 21.5. The predicted molar refractivity (Wildman–Crippen MR) is 103 cm³/mol. The van der Waals surface area contributed by atoms with E-state index in [1.165, 1.54) is 5.56 Å². The summed E-state index contributed by atoms with van der Waals surface area (Å²) in [6.07, 6.45) is 3.88. The molecule has 3 heterocycles. The number of aromatic nitrogens is 3. The third-order valence-corrected chi connectivity index (χ3v) is 6.55. The van der Waals surface area contributed by atoms with Crippen LogP contribution in [-0.2, 0) is 27.6 Å². The van der Waals surface area contributed by atoms with E-state index in [2.05, 4.69) is 36.1 Å². The molecule has 27 heavy (non-hydrogen) atoms. The molecule has 0 aliphatic carbocycles. The maximum atomic E-state index is 11.2. The molecule has 2 aliphatic heterocycles. The average molecular weight is 389 g/mol. The number of fused-ring (bicyclic) bond motifs is 2. The summed E-state index contributed by atoms with van der Waals surface area (Å²) in [5.74, 6) is 0.883. The quantitative estimate of drug-likeness (QED) is 0.757. The highest BCUT2D eigenvalue weighted by molar-refractivity contribution is 6.31. The highest BCUT2D eigenvalue weighted by Gasteiger charge is 2.52. The van der Waals surface area contributed by atoms with Crippen molar-refractivity contribution in [3.05, 3.63) is 46.0 Å². The van der Waals surface area contributed by atoms with Crippen LogP contribution < -0.4 is 0 Å². The first-order chi connectivity index (χ1) is 12.8. The number of carbonyl (C=O) groups is 1. The van der Waals surface area contributed by atoms with Gasteiger partial charge in [0, 0.05) is 25.2 Å². The van der Waals surface area contributed by atoms with Crippen molar-refractivity contribution in [1.29, 1.82) is 0 Å². The maximum absolute atomic E-state index is 11.2. The standard InChI is InChI=1S/C20H25ClN4O2/c1-13-9-14-15(10-16(13)21)20(5-7-25(12-26)8-6-20)27-17(14)19(2,3)18-22-11-23-24(18)4/h9-12,17H,5-8H2,1-4H3. The summed E-state index contributed by atoms with van der Waals surface area (Å²) >= 11 is 6.49. The Hall–Kier alpha value is -1.92. The molecule has 7 heteroatoms. The fraction of sp³-hybridized carbons (Fsp3) is 0.550. The smallest absolute Gasteiger partial charge is 0.209 e. The van der Waals surface area contributed by atoms with Crippen LogP contribution >= 0.6 is 11.6 Å². The van der Waals surface area contributed by atoms with E-state index in [4.69, 9.17) is 16.3 Å². The fourth-order valence-electron chi connectivity index (χ4n) is 4.58. The average Bonchev–Trinajstić information content (AvgIpc) is 3.20. The number of benzene rings is 1. The number of likely N-dealkylation sites (tertiary alicyclic amines) is 1. The lowest BCUT2D eigenvalue weighted by molar-refractivity contribution is -0.140. The van der Waals surface area contributed by atoms with E-state index in [0.29, 0.717) is 13.1 Å². The first-order valence-corrected chi connectivity index (χ1v) is 9.68. The van der Waals surface area contributed by atoms with Gasteiger partial charge in [0.2, 0.25) is 6.41 Å². The molecule has 2 aromatic rings. The van der Waals surface area contributed by atoms with Gasteiger partial charge in [-0.3, -0.25) is 9.48 Å². The van der Waals surface area contributed by atoms with Gasteiger partial charge >= 0.3 is 0 Å². The second kappa shape index (κ2) is 6.31. The number of ether oxygens (including phenoxy) is 1. The van der Waals surface area contributed by atoms with Gasteiger partial charge in [0.1, 0.15) is 12.2 Å². The molecule has 1 atom stereocenters. The topological polar surface area (TPSA) is 60.3 Å². The number of hydrogen-bond donors (Lipinski definition) is 0. The van der Waals surface area contributed by atoms with E-state index in [9.17, 15) is 4.79 Å². The molecule has 1 amide bonds. The van der Waals surface area contributed by atoms with Crippen LogP contribution in [0.15, 0.2) is 18.5 Å². The number of amides is 1. The third kappa shape index (κ3) is 2.77. The van der Waals surface area contributed by atoms with E-state index in [1.54, 1.807) is 6.33 Å². The lowest BCUT2D eigenvalue weighted by Gasteiger charge is -2.40.